The van der Waals surface area contributed by atoms with E-state index in [-0.39, 0.29) is 17.5 Å². The first-order valence-corrected chi connectivity index (χ1v) is 9.93. The van der Waals surface area contributed by atoms with Crippen molar-refractivity contribution in [3.8, 4) is 10.6 Å². The van der Waals surface area contributed by atoms with Crippen molar-refractivity contribution in [2.45, 2.75) is 27.2 Å². The van der Waals surface area contributed by atoms with Crippen molar-refractivity contribution >= 4 is 21.4 Å². The van der Waals surface area contributed by atoms with E-state index in [2.05, 4.69) is 9.71 Å². The number of aromatic nitrogens is 1. The van der Waals surface area contributed by atoms with E-state index < -0.39 is 10.0 Å². The van der Waals surface area contributed by atoms with Crippen LogP contribution in [0.15, 0.2) is 24.3 Å². The molecule has 0 bridgehead atoms. The van der Waals surface area contributed by atoms with Gasteiger partial charge in [-0.05, 0) is 31.4 Å². The van der Waals surface area contributed by atoms with Gasteiger partial charge in [-0.15, -0.1) is 11.3 Å². The highest BCUT2D eigenvalue weighted by Gasteiger charge is 2.14. The summed E-state index contributed by atoms with van der Waals surface area (Å²) in [6.45, 7) is 5.98. The van der Waals surface area contributed by atoms with Gasteiger partial charge in [0.25, 0.3) is 0 Å². The van der Waals surface area contributed by atoms with Gasteiger partial charge >= 0.3 is 0 Å². The third-order valence-corrected chi connectivity index (χ3v) is 6.21. The lowest BCUT2D eigenvalue weighted by molar-refractivity contribution is 0.568. The molecule has 0 aliphatic heterocycles. The molecule has 0 aliphatic rings. The van der Waals surface area contributed by atoms with E-state index in [1.807, 2.05) is 26.8 Å². The number of thiazole rings is 1. The van der Waals surface area contributed by atoms with Crippen LogP contribution < -0.4 is 4.72 Å². The Hall–Kier alpha value is -1.31. The van der Waals surface area contributed by atoms with Crippen molar-refractivity contribution in [3.05, 3.63) is 40.7 Å². The number of halogens is 1. The molecule has 0 spiro atoms. The third kappa shape index (κ3) is 5.37. The summed E-state index contributed by atoms with van der Waals surface area (Å²) in [4.78, 5) is 5.47. The molecule has 2 aromatic rings. The lowest BCUT2D eigenvalue weighted by atomic mass is 10.2. The van der Waals surface area contributed by atoms with Gasteiger partial charge in [-0.25, -0.2) is 22.5 Å². The molecule has 126 valence electrons. The highest BCUT2D eigenvalue weighted by molar-refractivity contribution is 7.89. The Kier molecular flexibility index (Phi) is 5.89. The van der Waals surface area contributed by atoms with Crippen molar-refractivity contribution in [3.63, 3.8) is 0 Å². The summed E-state index contributed by atoms with van der Waals surface area (Å²) in [5.74, 6) is -0.0704. The first-order valence-electron chi connectivity index (χ1n) is 7.46. The average molecular weight is 356 g/mol. The molecule has 0 fully saturated rings. The van der Waals surface area contributed by atoms with Gasteiger partial charge in [-0.2, -0.15) is 0 Å². The zero-order chi connectivity index (χ0) is 17.0. The summed E-state index contributed by atoms with van der Waals surface area (Å²) in [5.41, 5.74) is 1.60. The minimum absolute atomic E-state index is 0.0946. The van der Waals surface area contributed by atoms with Crippen LogP contribution in [0.5, 0.6) is 0 Å². The Morgan fingerprint density at radius 3 is 2.74 bits per heavy atom. The molecule has 4 nitrogen and oxygen atoms in total. The molecule has 23 heavy (non-hydrogen) atoms. The van der Waals surface area contributed by atoms with Crippen LogP contribution in [0.25, 0.3) is 10.6 Å². The predicted molar refractivity (Wildman–Crippen MR) is 92.6 cm³/mol. The molecule has 0 atom stereocenters. The van der Waals surface area contributed by atoms with Crippen LogP contribution in [-0.2, 0) is 16.4 Å². The first-order chi connectivity index (χ1) is 10.8. The van der Waals surface area contributed by atoms with Crippen LogP contribution in [0.4, 0.5) is 4.39 Å². The summed E-state index contributed by atoms with van der Waals surface area (Å²) >= 11 is 1.47. The van der Waals surface area contributed by atoms with Crippen LogP contribution in [0.3, 0.4) is 0 Å². The van der Waals surface area contributed by atoms with Gasteiger partial charge < -0.3 is 0 Å². The standard InChI is InChI=1S/C16H21FN2O2S2/c1-11(2)10-23(20,21)18-8-7-15-12(3)19-16(22-15)13-5-4-6-14(17)9-13/h4-6,9,11,18H,7-8,10H2,1-3H3. The molecule has 0 saturated heterocycles. The van der Waals surface area contributed by atoms with Crippen LogP contribution >= 0.6 is 11.3 Å². The maximum atomic E-state index is 13.3. The second-order valence-electron chi connectivity index (χ2n) is 5.86. The molecular weight excluding hydrogens is 335 g/mol. The molecule has 7 heteroatoms. The van der Waals surface area contributed by atoms with E-state index in [4.69, 9.17) is 0 Å². The van der Waals surface area contributed by atoms with Gasteiger partial charge in [0.05, 0.1) is 11.4 Å². The topological polar surface area (TPSA) is 59.1 Å². The number of rotatable bonds is 7. The van der Waals surface area contributed by atoms with Crippen LogP contribution in [0.2, 0.25) is 0 Å². The van der Waals surface area contributed by atoms with Crippen LogP contribution in [0, 0.1) is 18.7 Å². The van der Waals surface area contributed by atoms with Gasteiger partial charge in [-0.1, -0.05) is 26.0 Å². The van der Waals surface area contributed by atoms with Gasteiger partial charge in [0.1, 0.15) is 10.8 Å². The zero-order valence-corrected chi connectivity index (χ0v) is 15.1. The number of hydrogen-bond acceptors (Lipinski definition) is 4. The van der Waals surface area contributed by atoms with Gasteiger partial charge in [0, 0.05) is 17.0 Å². The summed E-state index contributed by atoms with van der Waals surface area (Å²) in [6, 6.07) is 6.32. The fourth-order valence-electron chi connectivity index (χ4n) is 2.22. The van der Waals surface area contributed by atoms with Crippen LogP contribution in [-0.4, -0.2) is 25.7 Å². The maximum absolute atomic E-state index is 13.3. The van der Waals surface area contributed by atoms with Crippen LogP contribution in [0.1, 0.15) is 24.4 Å². The fraction of sp³-hybridized carbons (Fsp3) is 0.438. The second kappa shape index (κ2) is 7.51. The molecule has 1 N–H and O–H groups in total. The van der Waals surface area contributed by atoms with E-state index in [1.54, 1.807) is 6.07 Å². The fourth-order valence-corrected chi connectivity index (χ4v) is 4.69. The molecule has 1 aromatic heterocycles. The summed E-state index contributed by atoms with van der Waals surface area (Å²) < 4.78 is 39.5. The Bertz CT molecular complexity index is 770. The normalized spacial score (nSPS) is 12.0. The molecule has 0 saturated carbocycles. The molecule has 0 amide bonds. The summed E-state index contributed by atoms with van der Waals surface area (Å²) in [7, 11) is -3.23. The second-order valence-corrected chi connectivity index (χ2v) is 8.79. The van der Waals surface area contributed by atoms with Crippen molar-refractivity contribution in [1.82, 2.24) is 9.71 Å². The lowest BCUT2D eigenvalue weighted by Gasteiger charge is -2.08. The Morgan fingerprint density at radius 1 is 1.35 bits per heavy atom. The quantitative estimate of drug-likeness (QED) is 0.827. The van der Waals surface area contributed by atoms with E-state index in [0.717, 1.165) is 21.1 Å². The number of benzene rings is 1. The lowest BCUT2D eigenvalue weighted by Crippen LogP contribution is -2.30. The van der Waals surface area contributed by atoms with Crippen molar-refractivity contribution in [1.29, 1.82) is 0 Å². The van der Waals surface area contributed by atoms with Crippen molar-refractivity contribution in [2.75, 3.05) is 12.3 Å². The number of aryl methyl sites for hydroxylation is 1. The minimum Gasteiger partial charge on any atom is -0.241 e. The SMILES string of the molecule is Cc1nc(-c2cccc(F)c2)sc1CCNS(=O)(=O)CC(C)C. The van der Waals surface area contributed by atoms with Gasteiger partial charge in [0.15, 0.2) is 0 Å². The Labute approximate surface area is 140 Å². The number of nitrogens with one attached hydrogen (secondary N) is 1. The van der Waals surface area contributed by atoms with E-state index in [0.29, 0.717) is 13.0 Å². The molecule has 2 rings (SSSR count). The maximum Gasteiger partial charge on any atom is 0.211 e. The Morgan fingerprint density at radius 2 is 2.09 bits per heavy atom. The first kappa shape index (κ1) is 18.0. The summed E-state index contributed by atoms with van der Waals surface area (Å²) in [6.07, 6.45) is 0.580. The highest BCUT2D eigenvalue weighted by atomic mass is 32.2. The van der Waals surface area contributed by atoms with Crippen molar-refractivity contribution < 1.29 is 12.8 Å². The minimum atomic E-state index is -3.23. The smallest absolute Gasteiger partial charge is 0.211 e. The molecule has 1 aromatic carbocycles. The monoisotopic (exact) mass is 356 g/mol. The summed E-state index contributed by atoms with van der Waals surface area (Å²) in [5, 5.41) is 0.752. The predicted octanol–water partition coefficient (Wildman–Crippen LogP) is 3.38. The van der Waals surface area contributed by atoms with E-state index >= 15 is 0 Å². The van der Waals surface area contributed by atoms with Gasteiger partial charge in [0.2, 0.25) is 10.0 Å². The molecule has 0 aliphatic carbocycles. The largest absolute Gasteiger partial charge is 0.241 e. The average Bonchev–Trinajstić information content (AvgIpc) is 2.79. The molecule has 1 heterocycles. The number of hydrogen-bond donors (Lipinski definition) is 1. The molecule has 0 radical (unpaired) electrons. The zero-order valence-electron chi connectivity index (χ0n) is 13.5. The van der Waals surface area contributed by atoms with Gasteiger partial charge in [-0.3, -0.25) is 0 Å². The number of nitrogens with zero attached hydrogens (tertiary/aromatic N) is 1. The molecule has 0 unspecified atom stereocenters. The molecular formula is C16H21FN2O2S2. The third-order valence-electron chi connectivity index (χ3n) is 3.19. The van der Waals surface area contributed by atoms with Crippen molar-refractivity contribution in [2.24, 2.45) is 5.92 Å². The highest BCUT2D eigenvalue weighted by Crippen LogP contribution is 2.28. The number of sulfonamides is 1. The van der Waals surface area contributed by atoms with E-state index in [1.165, 1.54) is 23.5 Å². The van der Waals surface area contributed by atoms with E-state index in [9.17, 15) is 12.8 Å². The Balaban J connectivity index is 2.02.